The number of hydrogen-bond acceptors (Lipinski definition) is 2. The average Bonchev–Trinajstić information content (AvgIpc) is 2.23. The maximum absolute atomic E-state index is 11.9. The zero-order valence-electron chi connectivity index (χ0n) is 9.80. The summed E-state index contributed by atoms with van der Waals surface area (Å²) < 4.78 is 46.1. The zero-order chi connectivity index (χ0) is 12.9. The molecule has 0 radical (unpaired) electrons. The van der Waals surface area contributed by atoms with E-state index in [0.29, 0.717) is 11.5 Å². The summed E-state index contributed by atoms with van der Waals surface area (Å²) in [5.74, 6) is 1.01. The van der Waals surface area contributed by atoms with Gasteiger partial charge in [0.2, 0.25) is 0 Å². The molecular formula is C12H15F3O2. The van der Waals surface area contributed by atoms with E-state index in [2.05, 4.69) is 0 Å². The lowest BCUT2D eigenvalue weighted by Crippen LogP contribution is -2.10. The number of alkyl halides is 3. The normalized spacial score (nSPS) is 11.4. The van der Waals surface area contributed by atoms with Gasteiger partial charge in [-0.15, -0.1) is 0 Å². The summed E-state index contributed by atoms with van der Waals surface area (Å²) in [5, 5.41) is 0. The molecule has 1 rings (SSSR count). The smallest absolute Gasteiger partial charge is 0.389 e. The van der Waals surface area contributed by atoms with E-state index in [9.17, 15) is 13.2 Å². The maximum Gasteiger partial charge on any atom is 0.389 e. The van der Waals surface area contributed by atoms with Crippen LogP contribution in [0.1, 0.15) is 18.4 Å². The molecule has 0 amide bonds. The van der Waals surface area contributed by atoms with E-state index < -0.39 is 12.6 Å². The summed E-state index contributed by atoms with van der Waals surface area (Å²) in [7, 11) is 1.49. The Bertz CT molecular complexity index is 361. The second-order valence-electron chi connectivity index (χ2n) is 3.72. The van der Waals surface area contributed by atoms with Crippen LogP contribution in [0.2, 0.25) is 0 Å². The van der Waals surface area contributed by atoms with Gasteiger partial charge in [0.05, 0.1) is 13.7 Å². The van der Waals surface area contributed by atoms with Crippen LogP contribution < -0.4 is 9.47 Å². The van der Waals surface area contributed by atoms with Gasteiger partial charge in [-0.2, -0.15) is 13.2 Å². The molecule has 17 heavy (non-hydrogen) atoms. The molecule has 0 N–H and O–H groups in total. The Balaban J connectivity index is 2.48. The van der Waals surface area contributed by atoms with Gasteiger partial charge in [0.25, 0.3) is 0 Å². The molecular weight excluding hydrogens is 233 g/mol. The van der Waals surface area contributed by atoms with Gasteiger partial charge in [-0.25, -0.2) is 0 Å². The van der Waals surface area contributed by atoms with E-state index in [-0.39, 0.29) is 13.0 Å². The van der Waals surface area contributed by atoms with Crippen molar-refractivity contribution in [3.63, 3.8) is 0 Å². The fourth-order valence-corrected chi connectivity index (χ4v) is 1.35. The molecule has 0 atom stereocenters. The molecule has 0 aliphatic heterocycles. The van der Waals surface area contributed by atoms with Gasteiger partial charge in [0.15, 0.2) is 11.5 Å². The number of methoxy groups -OCH3 is 1. The van der Waals surface area contributed by atoms with E-state index in [1.165, 1.54) is 7.11 Å². The quantitative estimate of drug-likeness (QED) is 0.739. The number of benzene rings is 1. The number of ether oxygens (including phenoxy) is 2. The molecule has 1 aromatic carbocycles. The summed E-state index contributed by atoms with van der Waals surface area (Å²) in [6.45, 7) is 1.90. The van der Waals surface area contributed by atoms with Gasteiger partial charge in [-0.1, -0.05) is 6.07 Å². The molecule has 2 nitrogen and oxygen atoms in total. The van der Waals surface area contributed by atoms with Gasteiger partial charge in [0.1, 0.15) is 0 Å². The summed E-state index contributed by atoms with van der Waals surface area (Å²) in [6.07, 6.45) is -5.01. The molecule has 0 aliphatic rings. The van der Waals surface area contributed by atoms with E-state index >= 15 is 0 Å². The van der Waals surface area contributed by atoms with Crippen molar-refractivity contribution in [1.82, 2.24) is 0 Å². The molecule has 0 saturated heterocycles. The first-order valence-electron chi connectivity index (χ1n) is 5.26. The van der Waals surface area contributed by atoms with Gasteiger partial charge in [-0.3, -0.25) is 0 Å². The highest BCUT2D eigenvalue weighted by molar-refractivity contribution is 5.42. The molecule has 1 aromatic rings. The van der Waals surface area contributed by atoms with Crippen LogP contribution in [0, 0.1) is 6.92 Å². The molecule has 96 valence electrons. The lowest BCUT2D eigenvalue weighted by atomic mass is 10.2. The number of hydrogen-bond donors (Lipinski definition) is 0. The van der Waals surface area contributed by atoms with Gasteiger partial charge >= 0.3 is 6.18 Å². The largest absolute Gasteiger partial charge is 0.493 e. The van der Waals surface area contributed by atoms with Crippen LogP contribution in [-0.4, -0.2) is 19.9 Å². The van der Waals surface area contributed by atoms with Crippen molar-refractivity contribution < 1.29 is 22.6 Å². The van der Waals surface area contributed by atoms with Gasteiger partial charge < -0.3 is 9.47 Å². The third-order valence-electron chi connectivity index (χ3n) is 2.18. The lowest BCUT2D eigenvalue weighted by Gasteiger charge is -2.12. The van der Waals surface area contributed by atoms with Gasteiger partial charge in [-0.05, 0) is 31.0 Å². The van der Waals surface area contributed by atoms with E-state index in [4.69, 9.17) is 9.47 Å². The summed E-state index contributed by atoms with van der Waals surface area (Å²) in [5.41, 5.74) is 0.969. The number of halogens is 3. The van der Waals surface area contributed by atoms with Crippen molar-refractivity contribution in [2.45, 2.75) is 25.9 Å². The van der Waals surface area contributed by atoms with Crippen LogP contribution in [0.5, 0.6) is 11.5 Å². The molecule has 0 fully saturated rings. The Morgan fingerprint density at radius 3 is 2.47 bits per heavy atom. The van der Waals surface area contributed by atoms with Gasteiger partial charge in [0, 0.05) is 6.42 Å². The maximum atomic E-state index is 11.9. The third-order valence-corrected chi connectivity index (χ3v) is 2.18. The van der Waals surface area contributed by atoms with Crippen LogP contribution in [0.3, 0.4) is 0 Å². The monoisotopic (exact) mass is 248 g/mol. The zero-order valence-corrected chi connectivity index (χ0v) is 9.80. The predicted molar refractivity (Wildman–Crippen MR) is 58.5 cm³/mol. The first-order valence-corrected chi connectivity index (χ1v) is 5.26. The van der Waals surface area contributed by atoms with E-state index in [0.717, 1.165) is 5.56 Å². The average molecular weight is 248 g/mol. The Hall–Kier alpha value is -1.39. The number of rotatable bonds is 5. The van der Waals surface area contributed by atoms with Crippen LogP contribution in [0.4, 0.5) is 13.2 Å². The molecule has 0 aliphatic carbocycles. The Labute approximate surface area is 98.3 Å². The first-order chi connectivity index (χ1) is 7.92. The van der Waals surface area contributed by atoms with Crippen LogP contribution in [-0.2, 0) is 0 Å². The second kappa shape index (κ2) is 5.80. The molecule has 0 unspecified atom stereocenters. The van der Waals surface area contributed by atoms with Crippen molar-refractivity contribution in [2.24, 2.45) is 0 Å². The van der Waals surface area contributed by atoms with Crippen LogP contribution in [0.25, 0.3) is 0 Å². The van der Waals surface area contributed by atoms with Crippen molar-refractivity contribution in [3.05, 3.63) is 23.8 Å². The predicted octanol–water partition coefficient (Wildman–Crippen LogP) is 3.72. The fourth-order valence-electron chi connectivity index (χ4n) is 1.35. The fraction of sp³-hybridized carbons (Fsp3) is 0.500. The molecule has 0 spiro atoms. The van der Waals surface area contributed by atoms with Crippen LogP contribution in [0.15, 0.2) is 18.2 Å². The highest BCUT2D eigenvalue weighted by Gasteiger charge is 2.26. The van der Waals surface area contributed by atoms with Crippen molar-refractivity contribution in [2.75, 3.05) is 13.7 Å². The molecule has 0 aromatic heterocycles. The summed E-state index contributed by atoms with van der Waals surface area (Å²) in [4.78, 5) is 0. The minimum absolute atomic E-state index is 0.0271. The van der Waals surface area contributed by atoms with E-state index in [1.54, 1.807) is 12.1 Å². The summed E-state index contributed by atoms with van der Waals surface area (Å²) >= 11 is 0. The van der Waals surface area contributed by atoms with Crippen molar-refractivity contribution in [3.8, 4) is 11.5 Å². The molecule has 5 heteroatoms. The van der Waals surface area contributed by atoms with Crippen molar-refractivity contribution >= 4 is 0 Å². The topological polar surface area (TPSA) is 18.5 Å². The molecule has 0 bridgehead atoms. The standard InChI is InChI=1S/C12H15F3O2/c1-9-4-5-10(16-2)11(8-9)17-7-3-6-12(13,14)15/h4-5,8H,3,6-7H2,1-2H3. The third kappa shape index (κ3) is 4.97. The Morgan fingerprint density at radius 2 is 1.88 bits per heavy atom. The number of aryl methyl sites for hydroxylation is 1. The SMILES string of the molecule is COc1ccc(C)cc1OCCCC(F)(F)F. The minimum Gasteiger partial charge on any atom is -0.493 e. The second-order valence-corrected chi connectivity index (χ2v) is 3.72. The molecule has 0 heterocycles. The Morgan fingerprint density at radius 1 is 1.18 bits per heavy atom. The minimum atomic E-state index is -4.12. The highest BCUT2D eigenvalue weighted by Crippen LogP contribution is 2.28. The highest BCUT2D eigenvalue weighted by atomic mass is 19.4. The first kappa shape index (κ1) is 13.7. The van der Waals surface area contributed by atoms with E-state index in [1.807, 2.05) is 13.0 Å². The lowest BCUT2D eigenvalue weighted by molar-refractivity contribution is -0.136. The van der Waals surface area contributed by atoms with Crippen LogP contribution >= 0.6 is 0 Å². The van der Waals surface area contributed by atoms with Crippen molar-refractivity contribution in [1.29, 1.82) is 0 Å². The summed E-state index contributed by atoms with van der Waals surface area (Å²) in [6, 6.07) is 5.32. The Kier molecular flexibility index (Phi) is 4.66. The molecule has 0 saturated carbocycles.